The van der Waals surface area contributed by atoms with Gasteiger partial charge in [0.1, 0.15) is 0 Å². The van der Waals surface area contributed by atoms with Gasteiger partial charge in [-0.1, -0.05) is 12.1 Å². The zero-order valence-corrected chi connectivity index (χ0v) is 11.0. The Morgan fingerprint density at radius 1 is 1.29 bits per heavy atom. The molecule has 0 saturated carbocycles. The van der Waals surface area contributed by atoms with Gasteiger partial charge < -0.3 is 4.74 Å². The fourth-order valence-corrected chi connectivity index (χ4v) is 3.02. The summed E-state index contributed by atoms with van der Waals surface area (Å²) in [6.07, 6.45) is 4.06. The highest BCUT2D eigenvalue weighted by molar-refractivity contribution is 8.71. The molecule has 1 aromatic rings. The Bertz CT molecular complexity index is 515. The zero-order valence-electron chi connectivity index (χ0n) is 9.41. The van der Waals surface area contributed by atoms with Gasteiger partial charge in [0.25, 0.3) is 0 Å². The normalized spacial score (nSPS) is 11.6. The van der Waals surface area contributed by atoms with Gasteiger partial charge in [-0.25, -0.2) is 13.2 Å². The molecule has 6 heteroatoms. The van der Waals surface area contributed by atoms with E-state index in [4.69, 9.17) is 0 Å². The highest BCUT2D eigenvalue weighted by Gasteiger charge is 2.04. The van der Waals surface area contributed by atoms with E-state index in [1.165, 1.54) is 13.2 Å². The molecule has 1 aromatic carbocycles. The molecule has 4 nitrogen and oxygen atoms in total. The SMILES string of the molecule is COC(=O)/C=C/c1ccc(SS(C)(=O)=O)cc1. The first-order valence-electron chi connectivity index (χ1n) is 4.66. The van der Waals surface area contributed by atoms with Crippen molar-refractivity contribution in [2.75, 3.05) is 13.4 Å². The Balaban J connectivity index is 2.75. The van der Waals surface area contributed by atoms with E-state index >= 15 is 0 Å². The Morgan fingerprint density at radius 3 is 2.35 bits per heavy atom. The van der Waals surface area contributed by atoms with Crippen molar-refractivity contribution in [3.8, 4) is 0 Å². The molecule has 0 radical (unpaired) electrons. The summed E-state index contributed by atoms with van der Waals surface area (Å²) in [4.78, 5) is 11.5. The number of carbonyl (C=O) groups is 1. The van der Waals surface area contributed by atoms with Gasteiger partial charge in [0, 0.05) is 28.0 Å². The predicted molar refractivity (Wildman–Crippen MR) is 68.2 cm³/mol. The van der Waals surface area contributed by atoms with E-state index in [-0.39, 0.29) is 0 Å². The van der Waals surface area contributed by atoms with E-state index in [0.29, 0.717) is 4.90 Å². The van der Waals surface area contributed by atoms with E-state index in [9.17, 15) is 13.2 Å². The lowest BCUT2D eigenvalue weighted by molar-refractivity contribution is -0.134. The molecule has 0 amide bonds. The molecule has 0 spiro atoms. The largest absolute Gasteiger partial charge is 0.466 e. The zero-order chi connectivity index (χ0) is 12.9. The molecule has 17 heavy (non-hydrogen) atoms. The molecule has 92 valence electrons. The van der Waals surface area contributed by atoms with Crippen LogP contribution < -0.4 is 0 Å². The van der Waals surface area contributed by atoms with E-state index in [1.807, 2.05) is 0 Å². The van der Waals surface area contributed by atoms with E-state index < -0.39 is 14.8 Å². The Labute approximate surface area is 104 Å². The molecule has 0 heterocycles. The smallest absolute Gasteiger partial charge is 0.330 e. The van der Waals surface area contributed by atoms with Crippen molar-refractivity contribution in [2.45, 2.75) is 4.90 Å². The number of rotatable bonds is 4. The van der Waals surface area contributed by atoms with Crippen molar-refractivity contribution >= 4 is 31.7 Å². The lowest BCUT2D eigenvalue weighted by Crippen LogP contribution is -1.93. The van der Waals surface area contributed by atoms with Crippen molar-refractivity contribution < 1.29 is 17.9 Å². The molecular formula is C11H12O4S2. The Hall–Kier alpha value is -1.27. The number of carbonyl (C=O) groups excluding carboxylic acids is 1. The third-order valence-corrected chi connectivity index (χ3v) is 3.99. The summed E-state index contributed by atoms with van der Waals surface area (Å²) in [5.41, 5.74) is 0.799. The molecule has 0 saturated heterocycles. The van der Waals surface area contributed by atoms with Crippen LogP contribution in [0.25, 0.3) is 6.08 Å². The number of benzene rings is 1. The quantitative estimate of drug-likeness (QED) is 0.476. The molecule has 0 fully saturated rings. The monoisotopic (exact) mass is 272 g/mol. The van der Waals surface area contributed by atoms with Crippen LogP contribution in [0, 0.1) is 0 Å². The summed E-state index contributed by atoms with van der Waals surface area (Å²) in [5, 5.41) is 0. The second-order valence-electron chi connectivity index (χ2n) is 3.21. The molecule has 0 aliphatic carbocycles. The lowest BCUT2D eigenvalue weighted by atomic mass is 10.2. The van der Waals surface area contributed by atoms with Gasteiger partial charge in [-0.05, 0) is 23.8 Å². The topological polar surface area (TPSA) is 60.4 Å². The lowest BCUT2D eigenvalue weighted by Gasteiger charge is -1.99. The van der Waals surface area contributed by atoms with Crippen LogP contribution in [0.5, 0.6) is 0 Å². The van der Waals surface area contributed by atoms with Gasteiger partial charge in [0.2, 0.25) is 8.87 Å². The minimum Gasteiger partial charge on any atom is -0.466 e. The van der Waals surface area contributed by atoms with Crippen LogP contribution in [0.1, 0.15) is 5.56 Å². The average Bonchev–Trinajstić information content (AvgIpc) is 2.25. The predicted octanol–water partition coefficient (Wildman–Crippen LogP) is 1.92. The van der Waals surface area contributed by atoms with E-state index in [2.05, 4.69) is 4.74 Å². The molecule has 0 N–H and O–H groups in total. The van der Waals surface area contributed by atoms with Crippen LogP contribution >= 0.6 is 10.8 Å². The van der Waals surface area contributed by atoms with Crippen LogP contribution in [0.4, 0.5) is 0 Å². The summed E-state index contributed by atoms with van der Waals surface area (Å²) in [5.74, 6) is -0.431. The fourth-order valence-electron chi connectivity index (χ4n) is 1.04. The first-order chi connectivity index (χ1) is 7.90. The van der Waals surface area contributed by atoms with Gasteiger partial charge in [0.05, 0.1) is 7.11 Å². The highest BCUT2D eigenvalue weighted by atomic mass is 33.1. The second-order valence-corrected chi connectivity index (χ2v) is 7.58. The summed E-state index contributed by atoms with van der Waals surface area (Å²) >= 11 is 0. The molecule has 0 aliphatic heterocycles. The third kappa shape index (κ3) is 5.55. The maximum absolute atomic E-state index is 11.0. The summed E-state index contributed by atoms with van der Waals surface area (Å²) in [6, 6.07) is 6.82. The highest BCUT2D eigenvalue weighted by Crippen LogP contribution is 2.23. The van der Waals surface area contributed by atoms with Gasteiger partial charge in [-0.15, -0.1) is 0 Å². The van der Waals surface area contributed by atoms with Crippen LogP contribution in [0.3, 0.4) is 0 Å². The van der Waals surface area contributed by atoms with Gasteiger partial charge >= 0.3 is 5.97 Å². The Kier molecular flexibility index (Phi) is 4.77. The molecule has 0 aliphatic rings. The molecule has 0 atom stereocenters. The fraction of sp³-hybridized carbons (Fsp3) is 0.182. The Morgan fingerprint density at radius 2 is 1.88 bits per heavy atom. The summed E-state index contributed by atoms with van der Waals surface area (Å²) in [7, 11) is -0.996. The van der Waals surface area contributed by atoms with Crippen molar-refractivity contribution in [1.29, 1.82) is 0 Å². The molecule has 0 aromatic heterocycles. The van der Waals surface area contributed by atoms with Crippen molar-refractivity contribution in [3.63, 3.8) is 0 Å². The van der Waals surface area contributed by atoms with Crippen LogP contribution in [-0.4, -0.2) is 27.8 Å². The van der Waals surface area contributed by atoms with Gasteiger partial charge in [-0.3, -0.25) is 0 Å². The summed E-state index contributed by atoms with van der Waals surface area (Å²) < 4.78 is 26.5. The number of esters is 1. The minimum absolute atomic E-state index is 0.431. The van der Waals surface area contributed by atoms with Crippen molar-refractivity contribution in [3.05, 3.63) is 35.9 Å². The first kappa shape index (κ1) is 13.8. The minimum atomic E-state index is -3.10. The maximum atomic E-state index is 11.0. The molecule has 0 bridgehead atoms. The molecule has 1 rings (SSSR count). The average molecular weight is 272 g/mol. The third-order valence-electron chi connectivity index (χ3n) is 1.74. The van der Waals surface area contributed by atoms with E-state index in [0.717, 1.165) is 22.6 Å². The standard InChI is InChI=1S/C11H12O4S2/c1-15-11(12)8-5-9-3-6-10(7-4-9)16-17(2,13)14/h3-8H,1-2H3/b8-5+. The van der Waals surface area contributed by atoms with Crippen molar-refractivity contribution in [1.82, 2.24) is 0 Å². The van der Waals surface area contributed by atoms with Crippen LogP contribution in [0.2, 0.25) is 0 Å². The van der Waals surface area contributed by atoms with Gasteiger partial charge in [-0.2, -0.15) is 0 Å². The number of methoxy groups -OCH3 is 1. The molecule has 0 unspecified atom stereocenters. The van der Waals surface area contributed by atoms with Gasteiger partial charge in [0.15, 0.2) is 0 Å². The van der Waals surface area contributed by atoms with Crippen LogP contribution in [0.15, 0.2) is 35.2 Å². The number of hydrogen-bond donors (Lipinski definition) is 0. The second kappa shape index (κ2) is 5.88. The van der Waals surface area contributed by atoms with Crippen LogP contribution in [-0.2, 0) is 18.4 Å². The maximum Gasteiger partial charge on any atom is 0.330 e. The first-order valence-corrected chi connectivity index (χ1v) is 7.89. The molecular weight excluding hydrogens is 260 g/mol. The summed E-state index contributed by atoms with van der Waals surface area (Å²) in [6.45, 7) is 0. The number of ether oxygens (including phenoxy) is 1. The number of hydrogen-bond acceptors (Lipinski definition) is 5. The van der Waals surface area contributed by atoms with Crippen molar-refractivity contribution in [2.24, 2.45) is 0 Å². The van der Waals surface area contributed by atoms with E-state index in [1.54, 1.807) is 30.3 Å².